The van der Waals surface area contributed by atoms with Crippen molar-refractivity contribution in [3.8, 4) is 11.1 Å². The van der Waals surface area contributed by atoms with E-state index in [9.17, 15) is 4.79 Å². The van der Waals surface area contributed by atoms with Gasteiger partial charge < -0.3 is 13.8 Å². The van der Waals surface area contributed by atoms with Crippen LogP contribution >= 0.6 is 15.9 Å². The fraction of sp³-hybridized carbons (Fsp3) is 0.455. The molecule has 3 heterocycles. The Kier molecular flexibility index (Phi) is 5.08. The predicted molar refractivity (Wildman–Crippen MR) is 115 cm³/mol. The normalized spacial score (nSPS) is 16.6. The minimum absolute atomic E-state index is 0.0243. The molecule has 1 fully saturated rings. The number of hydrogen-bond donors (Lipinski definition) is 0. The molecule has 1 aromatic carbocycles. The number of anilines is 1. The van der Waals surface area contributed by atoms with Crippen LogP contribution in [0, 0.1) is 12.3 Å². The molecule has 0 radical (unpaired) electrons. The van der Waals surface area contributed by atoms with E-state index in [1.54, 1.807) is 6.20 Å². The summed E-state index contributed by atoms with van der Waals surface area (Å²) in [6.07, 6.45) is 6.02. The number of hydrogen-bond acceptors (Lipinski definition) is 5. The lowest BCUT2D eigenvalue weighted by atomic mass is 9.82. The van der Waals surface area contributed by atoms with Gasteiger partial charge in [0.05, 0.1) is 22.7 Å². The monoisotopic (exact) mass is 444 g/mol. The fourth-order valence-corrected chi connectivity index (χ4v) is 4.35. The van der Waals surface area contributed by atoms with Crippen LogP contribution in [-0.4, -0.2) is 23.6 Å². The molecule has 1 aliphatic heterocycles. The molecule has 0 amide bonds. The Morgan fingerprint density at radius 1 is 1.25 bits per heavy atom. The van der Waals surface area contributed by atoms with Crippen molar-refractivity contribution >= 4 is 32.8 Å². The molecular weight excluding hydrogens is 420 g/mol. The van der Waals surface area contributed by atoms with Crippen LogP contribution in [0.25, 0.3) is 22.1 Å². The summed E-state index contributed by atoms with van der Waals surface area (Å²) in [5.41, 5.74) is 4.30. The summed E-state index contributed by atoms with van der Waals surface area (Å²) < 4.78 is 11.5. The molecule has 1 saturated heterocycles. The Hall–Kier alpha value is -2.08. The number of aryl methyl sites for hydroxylation is 2. The minimum Gasteiger partial charge on any atom is -0.439 e. The molecule has 1 aliphatic rings. The van der Waals surface area contributed by atoms with Crippen molar-refractivity contribution in [1.29, 1.82) is 0 Å². The lowest BCUT2D eigenvalue weighted by molar-refractivity contribution is 0.275. The number of aromatic nitrogens is 1. The quantitative estimate of drug-likeness (QED) is 0.509. The zero-order valence-corrected chi connectivity index (χ0v) is 18.1. The van der Waals surface area contributed by atoms with Gasteiger partial charge in [0.2, 0.25) is 11.3 Å². The predicted octanol–water partition coefficient (Wildman–Crippen LogP) is 5.32. The summed E-state index contributed by atoms with van der Waals surface area (Å²) in [5.74, 6) is 0.635. The van der Waals surface area contributed by atoms with Crippen LogP contribution in [0.4, 0.5) is 5.88 Å². The second kappa shape index (κ2) is 7.39. The van der Waals surface area contributed by atoms with Gasteiger partial charge in [0.25, 0.3) is 0 Å². The van der Waals surface area contributed by atoms with E-state index in [0.717, 1.165) is 48.8 Å². The third-order valence-electron chi connectivity index (χ3n) is 5.68. The molecule has 0 aliphatic carbocycles. The zero-order chi connectivity index (χ0) is 19.9. The van der Waals surface area contributed by atoms with E-state index in [0.29, 0.717) is 33.4 Å². The maximum Gasteiger partial charge on any atom is 0.208 e. The first-order chi connectivity index (χ1) is 13.4. The Morgan fingerprint density at radius 3 is 2.64 bits per heavy atom. The first kappa shape index (κ1) is 19.2. The van der Waals surface area contributed by atoms with Crippen LogP contribution in [-0.2, 0) is 6.42 Å². The smallest absolute Gasteiger partial charge is 0.208 e. The van der Waals surface area contributed by atoms with Gasteiger partial charge in [0, 0.05) is 18.4 Å². The molecular formula is C22H25BrN2O3. The van der Waals surface area contributed by atoms with E-state index < -0.39 is 0 Å². The number of rotatable bonds is 4. The Labute approximate surface area is 172 Å². The van der Waals surface area contributed by atoms with Gasteiger partial charge in [0.1, 0.15) is 11.8 Å². The lowest BCUT2D eigenvalue weighted by Crippen LogP contribution is -2.38. The Morgan fingerprint density at radius 2 is 2.00 bits per heavy atom. The first-order valence-electron chi connectivity index (χ1n) is 9.70. The number of fused-ring (bicyclic) bond motifs is 1. The third kappa shape index (κ3) is 3.50. The second-order valence-corrected chi connectivity index (χ2v) is 9.21. The van der Waals surface area contributed by atoms with Crippen LogP contribution in [0.2, 0.25) is 0 Å². The summed E-state index contributed by atoms with van der Waals surface area (Å²) >= 11 is 3.52. The molecule has 6 heteroatoms. The Balaban J connectivity index is 1.96. The molecule has 0 N–H and O–H groups in total. The third-order valence-corrected chi connectivity index (χ3v) is 6.08. The van der Waals surface area contributed by atoms with Crippen molar-refractivity contribution in [2.45, 2.75) is 40.0 Å². The summed E-state index contributed by atoms with van der Waals surface area (Å²) in [4.78, 5) is 15.8. The van der Waals surface area contributed by atoms with Crippen LogP contribution in [0.5, 0.6) is 0 Å². The highest BCUT2D eigenvalue weighted by atomic mass is 79.9. The van der Waals surface area contributed by atoms with Crippen molar-refractivity contribution in [2.75, 3.05) is 23.3 Å². The highest BCUT2D eigenvalue weighted by molar-refractivity contribution is 9.09. The molecule has 0 bridgehead atoms. The number of piperidine rings is 1. The zero-order valence-electron chi connectivity index (χ0n) is 16.5. The maximum atomic E-state index is 13.6. The summed E-state index contributed by atoms with van der Waals surface area (Å²) in [7, 11) is 0. The van der Waals surface area contributed by atoms with E-state index in [2.05, 4.69) is 45.9 Å². The number of alkyl halides is 1. The van der Waals surface area contributed by atoms with Crippen LogP contribution in [0.15, 0.2) is 38.3 Å². The van der Waals surface area contributed by atoms with E-state index in [1.165, 1.54) is 6.26 Å². The second-order valence-electron chi connectivity index (χ2n) is 8.42. The topological polar surface area (TPSA) is 59.5 Å². The molecule has 5 nitrogen and oxygen atoms in total. The van der Waals surface area contributed by atoms with Gasteiger partial charge in [-0.3, -0.25) is 4.79 Å². The first-order valence-corrected chi connectivity index (χ1v) is 10.8. The molecule has 28 heavy (non-hydrogen) atoms. The minimum atomic E-state index is -0.0243. The van der Waals surface area contributed by atoms with Gasteiger partial charge in [-0.1, -0.05) is 41.0 Å². The standard InChI is InChI=1S/C22H25BrN2O3/c1-14-10-15(4-7-23)20-17(11-14)19(26)18(16-12-24-27-13-16)21(28-20)25-8-5-22(2,3)6-9-25/h10-13H,4-9H2,1-3H3. The lowest BCUT2D eigenvalue weighted by Gasteiger charge is -2.37. The molecule has 0 unspecified atom stereocenters. The van der Waals surface area contributed by atoms with Gasteiger partial charge in [-0.05, 0) is 48.8 Å². The molecule has 0 spiro atoms. The molecule has 148 valence electrons. The van der Waals surface area contributed by atoms with E-state index in [1.807, 2.05) is 13.0 Å². The van der Waals surface area contributed by atoms with Crippen LogP contribution in [0.1, 0.15) is 37.8 Å². The highest BCUT2D eigenvalue weighted by Gasteiger charge is 2.30. The van der Waals surface area contributed by atoms with E-state index >= 15 is 0 Å². The van der Waals surface area contributed by atoms with Crippen LogP contribution in [0.3, 0.4) is 0 Å². The average molecular weight is 445 g/mol. The van der Waals surface area contributed by atoms with Crippen LogP contribution < -0.4 is 10.3 Å². The van der Waals surface area contributed by atoms with Crippen molar-refractivity contribution in [1.82, 2.24) is 5.16 Å². The largest absolute Gasteiger partial charge is 0.439 e. The molecule has 3 aromatic rings. The van der Waals surface area contributed by atoms with Gasteiger partial charge >= 0.3 is 0 Å². The van der Waals surface area contributed by atoms with E-state index in [-0.39, 0.29) is 5.43 Å². The van der Waals surface area contributed by atoms with E-state index in [4.69, 9.17) is 8.94 Å². The number of halogens is 1. The number of benzene rings is 1. The average Bonchev–Trinajstić information content (AvgIpc) is 3.17. The molecule has 2 aromatic heterocycles. The van der Waals surface area contributed by atoms with Gasteiger partial charge in [-0.2, -0.15) is 0 Å². The molecule has 4 rings (SSSR count). The fourth-order valence-electron chi connectivity index (χ4n) is 3.93. The summed E-state index contributed by atoms with van der Waals surface area (Å²) in [6.45, 7) is 8.31. The van der Waals surface area contributed by atoms with Crippen molar-refractivity contribution in [3.05, 3.63) is 45.9 Å². The van der Waals surface area contributed by atoms with Gasteiger partial charge in [-0.25, -0.2) is 0 Å². The SMILES string of the molecule is Cc1cc(CCBr)c2oc(N3CCC(C)(C)CC3)c(-c3cnoc3)c(=O)c2c1. The van der Waals surface area contributed by atoms with Gasteiger partial charge in [-0.15, -0.1) is 0 Å². The van der Waals surface area contributed by atoms with Crippen molar-refractivity contribution < 1.29 is 8.94 Å². The van der Waals surface area contributed by atoms with Crippen molar-refractivity contribution in [2.24, 2.45) is 5.41 Å². The van der Waals surface area contributed by atoms with Gasteiger partial charge in [0.15, 0.2) is 0 Å². The van der Waals surface area contributed by atoms with Crippen molar-refractivity contribution in [3.63, 3.8) is 0 Å². The maximum absolute atomic E-state index is 13.6. The Bertz CT molecular complexity index is 1040. The highest BCUT2D eigenvalue weighted by Crippen LogP contribution is 2.37. The molecule has 0 atom stereocenters. The number of nitrogens with zero attached hydrogens (tertiary/aromatic N) is 2. The summed E-state index contributed by atoms with van der Waals surface area (Å²) in [6, 6.07) is 4.02. The molecule has 0 saturated carbocycles. The summed E-state index contributed by atoms with van der Waals surface area (Å²) in [5, 5.41) is 5.25.